The summed E-state index contributed by atoms with van der Waals surface area (Å²) in [4.78, 5) is 15.3. The van der Waals surface area contributed by atoms with Crippen molar-refractivity contribution in [1.29, 1.82) is 0 Å². The molecule has 0 saturated heterocycles. The molecule has 0 atom stereocenters. The van der Waals surface area contributed by atoms with Crippen LogP contribution < -0.4 is 0 Å². The first-order chi connectivity index (χ1) is 8.56. The Bertz CT molecular complexity index is 767. The molecule has 0 aliphatic rings. The molecular weight excluding hydrogens is 230 g/mol. The smallest absolute Gasteiger partial charge is 0.309 e. The fraction of sp³-hybridized carbons (Fsp3) is 0.231. The van der Waals surface area contributed by atoms with Crippen molar-refractivity contribution >= 4 is 22.8 Å². The number of carbonyl (C=O) groups is 1. The van der Waals surface area contributed by atoms with Gasteiger partial charge < -0.3 is 9.67 Å². The average Bonchev–Trinajstić information content (AvgIpc) is 2.78. The summed E-state index contributed by atoms with van der Waals surface area (Å²) in [6, 6.07) is 6.06. The molecule has 0 saturated carbocycles. The Kier molecular flexibility index (Phi) is 2.16. The number of carboxylic acids is 1. The highest BCUT2D eigenvalue weighted by atomic mass is 16.4. The summed E-state index contributed by atoms with van der Waals surface area (Å²) < 4.78 is 3.77. The molecule has 1 N–H and O–H groups in total. The number of aryl methyl sites for hydroxylation is 2. The van der Waals surface area contributed by atoms with Gasteiger partial charge in [0, 0.05) is 18.9 Å². The van der Waals surface area contributed by atoms with Gasteiger partial charge in [-0.3, -0.25) is 9.20 Å². The molecule has 5 heteroatoms. The lowest BCUT2D eigenvalue weighted by Crippen LogP contribution is -2.05. The molecule has 0 spiro atoms. The van der Waals surface area contributed by atoms with Crippen LogP contribution in [-0.2, 0) is 18.3 Å². The minimum Gasteiger partial charge on any atom is -0.481 e. The van der Waals surface area contributed by atoms with Crippen molar-refractivity contribution < 1.29 is 9.90 Å². The van der Waals surface area contributed by atoms with E-state index < -0.39 is 5.97 Å². The zero-order valence-corrected chi connectivity index (χ0v) is 10.2. The number of carboxylic acid groups (broad SMARTS) is 1. The molecule has 0 aliphatic carbocycles. The van der Waals surface area contributed by atoms with E-state index >= 15 is 0 Å². The maximum absolute atomic E-state index is 10.8. The molecular formula is C13H13N3O2. The second-order valence-corrected chi connectivity index (χ2v) is 4.52. The van der Waals surface area contributed by atoms with Crippen LogP contribution in [0.3, 0.4) is 0 Å². The number of aliphatic carboxylic acids is 1. The highest BCUT2D eigenvalue weighted by molar-refractivity contribution is 5.81. The largest absolute Gasteiger partial charge is 0.481 e. The van der Waals surface area contributed by atoms with E-state index in [1.54, 1.807) is 0 Å². The fourth-order valence-corrected chi connectivity index (χ4v) is 2.24. The van der Waals surface area contributed by atoms with Gasteiger partial charge in [-0.15, -0.1) is 0 Å². The molecule has 3 rings (SSSR count). The molecule has 3 aromatic rings. The number of hydrogen-bond donors (Lipinski definition) is 1. The van der Waals surface area contributed by atoms with Crippen molar-refractivity contribution in [3.05, 3.63) is 35.7 Å². The van der Waals surface area contributed by atoms with Crippen LogP contribution in [-0.4, -0.2) is 25.0 Å². The molecule has 0 bridgehead atoms. The molecule has 0 aliphatic heterocycles. The van der Waals surface area contributed by atoms with Gasteiger partial charge in [-0.05, 0) is 24.6 Å². The van der Waals surface area contributed by atoms with E-state index in [2.05, 4.69) is 11.1 Å². The van der Waals surface area contributed by atoms with Gasteiger partial charge in [-0.2, -0.15) is 0 Å². The van der Waals surface area contributed by atoms with E-state index in [-0.39, 0.29) is 6.42 Å². The molecule has 0 amide bonds. The normalized spacial score (nSPS) is 11.4. The van der Waals surface area contributed by atoms with Gasteiger partial charge in [0.2, 0.25) is 5.78 Å². The fourth-order valence-electron chi connectivity index (χ4n) is 2.24. The molecule has 0 fully saturated rings. The molecule has 5 nitrogen and oxygen atoms in total. The lowest BCUT2D eigenvalue weighted by atomic mass is 10.2. The second kappa shape index (κ2) is 3.60. The molecule has 1 aromatic carbocycles. The number of benzene rings is 1. The number of hydrogen-bond acceptors (Lipinski definition) is 2. The maximum atomic E-state index is 10.8. The summed E-state index contributed by atoms with van der Waals surface area (Å²) in [5.74, 6) is -0.0637. The Morgan fingerprint density at radius 1 is 1.44 bits per heavy atom. The van der Waals surface area contributed by atoms with Crippen molar-refractivity contribution in [2.24, 2.45) is 7.05 Å². The van der Waals surface area contributed by atoms with Crippen LogP contribution >= 0.6 is 0 Å². The standard InChI is InChI=1S/C13H13N3O2/c1-8-3-4-10-11(5-8)16-7-9(6-12(17)18)15(2)13(16)14-10/h3-5,7H,6H2,1-2H3,(H,17,18). The van der Waals surface area contributed by atoms with E-state index in [1.807, 2.05) is 41.3 Å². The monoisotopic (exact) mass is 243 g/mol. The molecule has 0 unspecified atom stereocenters. The summed E-state index contributed by atoms with van der Waals surface area (Å²) in [7, 11) is 1.84. The lowest BCUT2D eigenvalue weighted by molar-refractivity contribution is -0.136. The highest BCUT2D eigenvalue weighted by Gasteiger charge is 2.13. The Balaban J connectivity index is 2.30. The van der Waals surface area contributed by atoms with Crippen LogP contribution in [0.25, 0.3) is 16.8 Å². The minimum atomic E-state index is -0.834. The van der Waals surface area contributed by atoms with Gasteiger partial charge in [0.05, 0.1) is 17.5 Å². The zero-order valence-electron chi connectivity index (χ0n) is 10.2. The zero-order chi connectivity index (χ0) is 12.9. The topological polar surface area (TPSA) is 59.5 Å². The van der Waals surface area contributed by atoms with Crippen molar-refractivity contribution in [1.82, 2.24) is 14.0 Å². The first kappa shape index (κ1) is 10.8. The minimum absolute atomic E-state index is 0.00711. The summed E-state index contributed by atoms with van der Waals surface area (Å²) in [6.07, 6.45) is 1.85. The Morgan fingerprint density at radius 3 is 2.94 bits per heavy atom. The Hall–Kier alpha value is -2.30. The SMILES string of the molecule is Cc1ccc2nc3n(C)c(CC(=O)O)cn3c2c1. The predicted molar refractivity (Wildman–Crippen MR) is 67.7 cm³/mol. The van der Waals surface area contributed by atoms with Crippen molar-refractivity contribution in [2.75, 3.05) is 0 Å². The quantitative estimate of drug-likeness (QED) is 0.746. The van der Waals surface area contributed by atoms with E-state index in [0.717, 1.165) is 28.1 Å². The van der Waals surface area contributed by atoms with E-state index in [9.17, 15) is 4.79 Å². The Morgan fingerprint density at radius 2 is 2.22 bits per heavy atom. The summed E-state index contributed by atoms with van der Waals surface area (Å²) in [5.41, 5.74) is 3.84. The molecule has 92 valence electrons. The Labute approximate surface area is 103 Å². The van der Waals surface area contributed by atoms with Crippen LogP contribution in [0.5, 0.6) is 0 Å². The number of nitrogens with zero attached hydrogens (tertiary/aromatic N) is 3. The first-order valence-corrected chi connectivity index (χ1v) is 5.71. The molecule has 2 aromatic heterocycles. The van der Waals surface area contributed by atoms with Crippen LogP contribution in [0.1, 0.15) is 11.3 Å². The predicted octanol–water partition coefficient (Wildman–Crippen LogP) is 1.76. The van der Waals surface area contributed by atoms with Gasteiger partial charge in [-0.25, -0.2) is 4.98 Å². The number of aromatic nitrogens is 3. The van der Waals surface area contributed by atoms with Gasteiger partial charge in [0.1, 0.15) is 0 Å². The van der Waals surface area contributed by atoms with E-state index in [1.165, 1.54) is 0 Å². The van der Waals surface area contributed by atoms with Crippen molar-refractivity contribution in [3.8, 4) is 0 Å². The van der Waals surface area contributed by atoms with Crippen LogP contribution in [0.2, 0.25) is 0 Å². The average molecular weight is 243 g/mol. The van der Waals surface area contributed by atoms with Crippen LogP contribution in [0.4, 0.5) is 0 Å². The maximum Gasteiger partial charge on any atom is 0.309 e. The third kappa shape index (κ3) is 1.48. The summed E-state index contributed by atoms with van der Waals surface area (Å²) in [5, 5.41) is 8.87. The third-order valence-corrected chi connectivity index (χ3v) is 3.17. The highest BCUT2D eigenvalue weighted by Crippen LogP contribution is 2.20. The number of fused-ring (bicyclic) bond motifs is 3. The third-order valence-electron chi connectivity index (χ3n) is 3.17. The van der Waals surface area contributed by atoms with Crippen LogP contribution in [0, 0.1) is 6.92 Å². The summed E-state index contributed by atoms with van der Waals surface area (Å²) >= 11 is 0. The van der Waals surface area contributed by atoms with Gasteiger partial charge in [-0.1, -0.05) is 6.07 Å². The lowest BCUT2D eigenvalue weighted by Gasteiger charge is -1.97. The van der Waals surface area contributed by atoms with Gasteiger partial charge in [0.15, 0.2) is 0 Å². The van der Waals surface area contributed by atoms with Crippen LogP contribution in [0.15, 0.2) is 24.4 Å². The summed E-state index contributed by atoms with van der Waals surface area (Å²) in [6.45, 7) is 2.03. The number of imidazole rings is 2. The van der Waals surface area contributed by atoms with Crippen molar-refractivity contribution in [2.45, 2.75) is 13.3 Å². The molecule has 18 heavy (non-hydrogen) atoms. The van der Waals surface area contributed by atoms with Gasteiger partial charge >= 0.3 is 5.97 Å². The number of rotatable bonds is 2. The van der Waals surface area contributed by atoms with E-state index in [4.69, 9.17) is 5.11 Å². The molecule has 0 radical (unpaired) electrons. The van der Waals surface area contributed by atoms with Gasteiger partial charge in [0.25, 0.3) is 0 Å². The second-order valence-electron chi connectivity index (χ2n) is 4.52. The molecule has 2 heterocycles. The van der Waals surface area contributed by atoms with Crippen molar-refractivity contribution in [3.63, 3.8) is 0 Å². The first-order valence-electron chi connectivity index (χ1n) is 5.71. The van der Waals surface area contributed by atoms with E-state index in [0.29, 0.717) is 0 Å².